The number of hydrogen-bond donors (Lipinski definition) is 0. The third-order valence-corrected chi connectivity index (χ3v) is 2.53. The standard InChI is InChI=1S/2C3H9NS2.2CH3.Sn/c2*1-4(2)3(5)6;;;/h2*3,5-6H,1-2H3;2*1H3;/p-4. The van der Waals surface area contributed by atoms with Gasteiger partial charge in [0.25, 0.3) is 0 Å². The molecular formula is C8H20N2S4Sn-4. The van der Waals surface area contributed by atoms with Crippen molar-refractivity contribution >= 4 is 71.7 Å². The van der Waals surface area contributed by atoms with Gasteiger partial charge in [-0.25, -0.2) is 9.41 Å². The zero-order chi connectivity index (χ0) is 13.0. The summed E-state index contributed by atoms with van der Waals surface area (Å²) in [6.07, 6.45) is 0. The molecule has 0 heterocycles. The number of nitrogens with zero attached hydrogens (tertiary/aromatic N) is 2. The summed E-state index contributed by atoms with van der Waals surface area (Å²) in [5.74, 6) is 0. The van der Waals surface area contributed by atoms with Gasteiger partial charge in [0.15, 0.2) is 0 Å². The number of hydrogen-bond acceptors (Lipinski definition) is 6. The van der Waals surface area contributed by atoms with Gasteiger partial charge in [0.1, 0.15) is 0 Å². The van der Waals surface area contributed by atoms with Gasteiger partial charge >= 0.3 is 31.0 Å². The molecule has 0 rings (SSSR count). The topological polar surface area (TPSA) is 6.48 Å². The SMILES string of the molecule is CN(C)C([S-])[S-].CN(C)C([S-])[S-].[CH3][Sn][CH3]. The van der Waals surface area contributed by atoms with Crippen LogP contribution in [0.4, 0.5) is 0 Å². The molecule has 0 atom stereocenters. The van der Waals surface area contributed by atoms with E-state index >= 15 is 0 Å². The summed E-state index contributed by atoms with van der Waals surface area (Å²) in [5.41, 5.74) is 0. The Labute approximate surface area is 128 Å². The molecule has 0 N–H and O–H groups in total. The van der Waals surface area contributed by atoms with E-state index < -0.39 is 0 Å². The van der Waals surface area contributed by atoms with Crippen LogP contribution in [0.5, 0.6) is 0 Å². The molecule has 0 aromatic rings. The van der Waals surface area contributed by atoms with E-state index in [9.17, 15) is 0 Å². The van der Waals surface area contributed by atoms with E-state index in [-0.39, 0.29) is 30.6 Å². The third-order valence-electron chi connectivity index (χ3n) is 0.843. The first-order chi connectivity index (χ1) is 6.70. The molecule has 0 aliphatic rings. The first-order valence-electron chi connectivity index (χ1n) is 4.25. The van der Waals surface area contributed by atoms with Crippen molar-refractivity contribution in [2.75, 3.05) is 28.2 Å². The molecule has 94 valence electrons. The summed E-state index contributed by atoms with van der Waals surface area (Å²) in [5, 5.41) is 0. The van der Waals surface area contributed by atoms with Gasteiger partial charge in [-0.15, -0.1) is 0 Å². The molecule has 0 saturated carbocycles. The molecule has 7 heteroatoms. The molecule has 0 aromatic heterocycles. The molecule has 0 saturated heterocycles. The fraction of sp³-hybridized carbons (Fsp3) is 1.00. The summed E-state index contributed by atoms with van der Waals surface area (Å²) < 4.78 is -0.296. The molecule has 0 aliphatic heterocycles. The Morgan fingerprint density at radius 2 is 0.800 bits per heavy atom. The Bertz CT molecular complexity index is 88.8. The molecular weight excluding hydrogens is 371 g/mol. The van der Waals surface area contributed by atoms with E-state index in [1.807, 2.05) is 28.2 Å². The zero-order valence-corrected chi connectivity index (χ0v) is 16.3. The van der Waals surface area contributed by atoms with Crippen molar-refractivity contribution in [3.05, 3.63) is 0 Å². The van der Waals surface area contributed by atoms with Gasteiger partial charge in [0, 0.05) is 0 Å². The predicted octanol–water partition coefficient (Wildman–Crippen LogP) is 0.638. The fourth-order valence-corrected chi connectivity index (χ4v) is 0. The van der Waals surface area contributed by atoms with Gasteiger partial charge in [0.05, 0.1) is 0 Å². The summed E-state index contributed by atoms with van der Waals surface area (Å²) >= 11 is 18.8. The molecule has 0 unspecified atom stereocenters. The van der Waals surface area contributed by atoms with E-state index in [4.69, 9.17) is 0 Å². The predicted molar refractivity (Wildman–Crippen MR) is 81.9 cm³/mol. The van der Waals surface area contributed by atoms with Crippen LogP contribution in [-0.2, 0) is 50.5 Å². The van der Waals surface area contributed by atoms with Gasteiger partial charge in [-0.3, -0.25) is 0 Å². The fourth-order valence-electron chi connectivity index (χ4n) is 0. The first kappa shape index (κ1) is 22.3. The van der Waals surface area contributed by atoms with E-state index in [2.05, 4.69) is 60.4 Å². The number of rotatable bonds is 2. The van der Waals surface area contributed by atoms with Crippen LogP contribution in [0.2, 0.25) is 9.88 Å². The Morgan fingerprint density at radius 3 is 0.800 bits per heavy atom. The second-order valence-corrected chi connectivity index (χ2v) is 8.28. The maximum absolute atomic E-state index is 4.64. The van der Waals surface area contributed by atoms with Crippen LogP contribution >= 0.6 is 0 Å². The van der Waals surface area contributed by atoms with Crippen molar-refractivity contribution in [2.24, 2.45) is 0 Å². The van der Waals surface area contributed by atoms with Crippen LogP contribution in [0, 0.1) is 0 Å². The first-order valence-corrected chi connectivity index (χ1v) is 11.8. The molecule has 2 radical (unpaired) electrons. The average Bonchev–Trinajstić information content (AvgIpc) is 2.06. The van der Waals surface area contributed by atoms with Crippen LogP contribution < -0.4 is 0 Å². The van der Waals surface area contributed by atoms with Gasteiger partial charge in [0.2, 0.25) is 0 Å². The minimum absolute atomic E-state index is 0.148. The molecule has 15 heavy (non-hydrogen) atoms. The van der Waals surface area contributed by atoms with Gasteiger partial charge < -0.3 is 60.3 Å². The zero-order valence-electron chi connectivity index (χ0n) is 10.2. The summed E-state index contributed by atoms with van der Waals surface area (Å²) in [6, 6.07) is 0. The van der Waals surface area contributed by atoms with Gasteiger partial charge in [-0.05, 0) is 28.2 Å². The Balaban J connectivity index is -0.000000153. The van der Waals surface area contributed by atoms with Crippen molar-refractivity contribution in [2.45, 2.75) is 19.3 Å². The van der Waals surface area contributed by atoms with Gasteiger partial charge in [-0.1, -0.05) is 0 Å². The molecule has 2 nitrogen and oxygen atoms in total. The molecule has 0 bridgehead atoms. The maximum atomic E-state index is 4.64. The monoisotopic (exact) mass is 392 g/mol. The third kappa shape index (κ3) is 31.4. The molecule has 0 amide bonds. The summed E-state index contributed by atoms with van der Waals surface area (Å²) in [6.45, 7) is 0. The Hall–Kier alpha value is 2.12. The summed E-state index contributed by atoms with van der Waals surface area (Å²) in [7, 11) is 7.46. The van der Waals surface area contributed by atoms with Crippen molar-refractivity contribution in [3.8, 4) is 0 Å². The normalized spacial score (nSPS) is 10.0. The minimum atomic E-state index is -0.148. The Kier molecular flexibility index (Phi) is 24.0. The second kappa shape index (κ2) is 16.1. The molecule has 0 fully saturated rings. The van der Waals surface area contributed by atoms with Crippen molar-refractivity contribution in [1.82, 2.24) is 9.80 Å². The van der Waals surface area contributed by atoms with Crippen LogP contribution in [-0.4, -0.2) is 68.5 Å². The van der Waals surface area contributed by atoms with Crippen LogP contribution in [0.3, 0.4) is 0 Å². The Morgan fingerprint density at radius 1 is 0.733 bits per heavy atom. The van der Waals surface area contributed by atoms with Crippen molar-refractivity contribution in [3.63, 3.8) is 0 Å². The van der Waals surface area contributed by atoms with E-state index in [1.54, 1.807) is 9.80 Å². The van der Waals surface area contributed by atoms with E-state index in [0.717, 1.165) is 0 Å². The molecule has 0 aromatic carbocycles. The van der Waals surface area contributed by atoms with Gasteiger partial charge in [-0.2, -0.15) is 0 Å². The molecule has 0 aliphatic carbocycles. The summed E-state index contributed by atoms with van der Waals surface area (Å²) in [4.78, 5) is 8.18. The second-order valence-electron chi connectivity index (χ2n) is 3.04. The van der Waals surface area contributed by atoms with Crippen LogP contribution in [0.1, 0.15) is 0 Å². The van der Waals surface area contributed by atoms with Crippen LogP contribution in [0.25, 0.3) is 0 Å². The van der Waals surface area contributed by atoms with Crippen molar-refractivity contribution < 1.29 is 0 Å². The van der Waals surface area contributed by atoms with E-state index in [1.165, 1.54) is 0 Å². The van der Waals surface area contributed by atoms with E-state index in [0.29, 0.717) is 0 Å². The van der Waals surface area contributed by atoms with Crippen LogP contribution in [0.15, 0.2) is 0 Å². The molecule has 0 spiro atoms. The van der Waals surface area contributed by atoms with Crippen molar-refractivity contribution in [1.29, 1.82) is 0 Å². The average molecular weight is 391 g/mol. The quantitative estimate of drug-likeness (QED) is 0.500.